The van der Waals surface area contributed by atoms with Crippen LogP contribution < -0.4 is 5.32 Å². The molecule has 1 fully saturated rings. The number of hydrogen-bond acceptors (Lipinski definition) is 3. The van der Waals surface area contributed by atoms with Crippen molar-refractivity contribution in [2.75, 3.05) is 6.54 Å². The molecule has 2 unspecified atom stereocenters. The van der Waals surface area contributed by atoms with Crippen LogP contribution in [0.3, 0.4) is 0 Å². The minimum atomic E-state index is 0.435. The second kappa shape index (κ2) is 8.65. The fourth-order valence-corrected chi connectivity index (χ4v) is 3.92. The number of pyridine rings is 1. The van der Waals surface area contributed by atoms with E-state index in [-0.39, 0.29) is 0 Å². The first-order valence-corrected chi connectivity index (χ1v) is 9.75. The van der Waals surface area contributed by atoms with E-state index in [9.17, 15) is 0 Å². The average Bonchev–Trinajstić information content (AvgIpc) is 2.79. The van der Waals surface area contributed by atoms with Crippen molar-refractivity contribution in [3.8, 4) is 6.07 Å². The molecule has 0 bridgehead atoms. The van der Waals surface area contributed by atoms with Gasteiger partial charge in [0.05, 0.1) is 23.2 Å². The predicted molar refractivity (Wildman–Crippen MR) is 114 cm³/mol. The summed E-state index contributed by atoms with van der Waals surface area (Å²) < 4.78 is 0. The molecule has 2 heterocycles. The Bertz CT molecular complexity index is 1040. The van der Waals surface area contributed by atoms with Gasteiger partial charge in [0.2, 0.25) is 0 Å². The standard InChI is InChI=1S/C15H17N.C10H6N2/c1-2-7-13(8-3-1)15-14-9-5-4-6-12(14)10-11-16-15;11-7-8-3-4-9-2-1-5-12-10(9)6-8/h1-5,7-9,12,15-16H,6,10-11H2;1-6H. The smallest absolute Gasteiger partial charge is 0.0992 e. The molecular formula is C25H23N3. The van der Waals surface area contributed by atoms with Gasteiger partial charge in [-0.05, 0) is 54.6 Å². The third-order valence-corrected chi connectivity index (χ3v) is 5.36. The molecule has 1 aliphatic heterocycles. The fraction of sp³-hybridized carbons (Fsp3) is 0.200. The van der Waals surface area contributed by atoms with E-state index in [2.05, 4.69) is 64.9 Å². The van der Waals surface area contributed by atoms with Crippen LogP contribution >= 0.6 is 0 Å². The number of nitrogens with one attached hydrogen (secondary N) is 1. The van der Waals surface area contributed by atoms with Gasteiger partial charge in [-0.15, -0.1) is 0 Å². The van der Waals surface area contributed by atoms with Gasteiger partial charge in [0.15, 0.2) is 0 Å². The molecule has 1 aromatic heterocycles. The van der Waals surface area contributed by atoms with Crippen molar-refractivity contribution in [1.82, 2.24) is 10.3 Å². The zero-order chi connectivity index (χ0) is 19.2. The highest BCUT2D eigenvalue weighted by Gasteiger charge is 2.27. The number of benzene rings is 2. The summed E-state index contributed by atoms with van der Waals surface area (Å²) >= 11 is 0. The molecule has 1 aliphatic carbocycles. The average molecular weight is 365 g/mol. The van der Waals surface area contributed by atoms with Crippen LogP contribution in [0.2, 0.25) is 0 Å². The van der Waals surface area contributed by atoms with Gasteiger partial charge in [0.1, 0.15) is 0 Å². The van der Waals surface area contributed by atoms with Crippen LogP contribution in [0.15, 0.2) is 90.7 Å². The molecule has 0 amide bonds. The van der Waals surface area contributed by atoms with Crippen molar-refractivity contribution in [2.24, 2.45) is 5.92 Å². The Morgan fingerprint density at radius 2 is 1.93 bits per heavy atom. The molecule has 2 atom stereocenters. The van der Waals surface area contributed by atoms with E-state index in [4.69, 9.17) is 5.26 Å². The largest absolute Gasteiger partial charge is 0.306 e. The number of nitrogens with zero attached hydrogens (tertiary/aromatic N) is 2. The van der Waals surface area contributed by atoms with E-state index in [0.29, 0.717) is 11.6 Å². The highest BCUT2D eigenvalue weighted by atomic mass is 14.9. The van der Waals surface area contributed by atoms with Crippen LogP contribution in [0.1, 0.15) is 30.0 Å². The summed E-state index contributed by atoms with van der Waals surface area (Å²) in [6.45, 7) is 1.13. The van der Waals surface area contributed by atoms with Crippen LogP contribution in [-0.4, -0.2) is 11.5 Å². The van der Waals surface area contributed by atoms with E-state index in [1.165, 1.54) is 18.4 Å². The number of aromatic nitrogens is 1. The summed E-state index contributed by atoms with van der Waals surface area (Å²) in [4.78, 5) is 4.14. The Balaban J connectivity index is 0.000000143. The van der Waals surface area contributed by atoms with Gasteiger partial charge in [-0.2, -0.15) is 5.26 Å². The van der Waals surface area contributed by atoms with Crippen LogP contribution in [0.25, 0.3) is 10.9 Å². The topological polar surface area (TPSA) is 48.7 Å². The number of hydrogen-bond donors (Lipinski definition) is 1. The first-order valence-electron chi connectivity index (χ1n) is 9.75. The van der Waals surface area contributed by atoms with Crippen LogP contribution in [-0.2, 0) is 0 Å². The third kappa shape index (κ3) is 4.03. The molecule has 3 nitrogen and oxygen atoms in total. The van der Waals surface area contributed by atoms with E-state index >= 15 is 0 Å². The highest BCUT2D eigenvalue weighted by molar-refractivity contribution is 5.79. The third-order valence-electron chi connectivity index (χ3n) is 5.36. The van der Waals surface area contributed by atoms with Gasteiger partial charge < -0.3 is 5.32 Å². The first-order chi connectivity index (χ1) is 13.8. The minimum Gasteiger partial charge on any atom is -0.306 e. The fourth-order valence-electron chi connectivity index (χ4n) is 3.92. The molecule has 1 N–H and O–H groups in total. The first kappa shape index (κ1) is 18.2. The molecule has 5 rings (SSSR count). The second-order valence-electron chi connectivity index (χ2n) is 7.14. The Morgan fingerprint density at radius 3 is 2.79 bits per heavy atom. The Hall–Kier alpha value is -3.22. The highest BCUT2D eigenvalue weighted by Crippen LogP contribution is 2.36. The van der Waals surface area contributed by atoms with Gasteiger partial charge >= 0.3 is 0 Å². The van der Waals surface area contributed by atoms with E-state index in [1.807, 2.05) is 18.2 Å². The summed E-state index contributed by atoms with van der Waals surface area (Å²) in [5.41, 5.74) is 4.49. The number of nitriles is 1. The quantitative estimate of drug-likeness (QED) is 0.634. The molecule has 0 radical (unpaired) electrons. The molecule has 2 aromatic carbocycles. The molecule has 2 aliphatic rings. The Morgan fingerprint density at radius 1 is 1.04 bits per heavy atom. The van der Waals surface area contributed by atoms with Gasteiger partial charge in [-0.3, -0.25) is 4.98 Å². The van der Waals surface area contributed by atoms with Crippen molar-refractivity contribution in [3.63, 3.8) is 0 Å². The van der Waals surface area contributed by atoms with Crippen molar-refractivity contribution >= 4 is 10.9 Å². The minimum absolute atomic E-state index is 0.435. The van der Waals surface area contributed by atoms with E-state index in [0.717, 1.165) is 23.4 Å². The summed E-state index contributed by atoms with van der Waals surface area (Å²) in [5, 5.41) is 13.3. The molecule has 0 spiro atoms. The summed E-state index contributed by atoms with van der Waals surface area (Å²) in [6.07, 6.45) is 11.0. The summed E-state index contributed by atoms with van der Waals surface area (Å²) in [7, 11) is 0. The molecular weight excluding hydrogens is 342 g/mol. The van der Waals surface area contributed by atoms with Crippen LogP contribution in [0.5, 0.6) is 0 Å². The van der Waals surface area contributed by atoms with Gasteiger partial charge in [-0.1, -0.05) is 60.7 Å². The van der Waals surface area contributed by atoms with Gasteiger partial charge in [0, 0.05) is 11.6 Å². The molecule has 3 heteroatoms. The summed E-state index contributed by atoms with van der Waals surface area (Å²) in [6, 6.07) is 22.6. The molecule has 1 saturated heterocycles. The van der Waals surface area contributed by atoms with Crippen molar-refractivity contribution in [3.05, 3.63) is 102 Å². The maximum atomic E-state index is 8.62. The lowest BCUT2D eigenvalue weighted by molar-refractivity contribution is 0.403. The molecule has 138 valence electrons. The second-order valence-corrected chi connectivity index (χ2v) is 7.14. The van der Waals surface area contributed by atoms with Crippen molar-refractivity contribution in [2.45, 2.75) is 18.9 Å². The number of fused-ring (bicyclic) bond motifs is 2. The van der Waals surface area contributed by atoms with Crippen molar-refractivity contribution < 1.29 is 0 Å². The monoisotopic (exact) mass is 365 g/mol. The SMILES string of the molecule is C1=CCC2CCNC(c3ccccc3)C2=C1.N#Cc1ccc2cccnc2c1. The van der Waals surface area contributed by atoms with Gasteiger partial charge in [-0.25, -0.2) is 0 Å². The molecule has 28 heavy (non-hydrogen) atoms. The van der Waals surface area contributed by atoms with Gasteiger partial charge in [0.25, 0.3) is 0 Å². The summed E-state index contributed by atoms with van der Waals surface area (Å²) in [5.74, 6) is 0.761. The maximum Gasteiger partial charge on any atom is 0.0992 e. The van der Waals surface area contributed by atoms with E-state index in [1.54, 1.807) is 23.9 Å². The van der Waals surface area contributed by atoms with Crippen LogP contribution in [0.4, 0.5) is 0 Å². The lowest BCUT2D eigenvalue weighted by Crippen LogP contribution is -2.34. The lowest BCUT2D eigenvalue weighted by atomic mass is 9.79. The number of allylic oxidation sites excluding steroid dienone is 3. The normalized spacial score (nSPS) is 20.3. The number of rotatable bonds is 1. The number of piperidine rings is 1. The zero-order valence-corrected chi connectivity index (χ0v) is 15.8. The van der Waals surface area contributed by atoms with Crippen LogP contribution in [0, 0.1) is 17.2 Å². The predicted octanol–water partition coefficient (Wildman–Crippen LogP) is 5.33. The molecule has 3 aromatic rings. The lowest BCUT2D eigenvalue weighted by Gasteiger charge is -2.35. The molecule has 0 saturated carbocycles. The maximum absolute atomic E-state index is 8.62. The zero-order valence-electron chi connectivity index (χ0n) is 15.8. The Kier molecular flexibility index (Phi) is 5.61. The van der Waals surface area contributed by atoms with E-state index < -0.39 is 0 Å². The Labute approximate surface area is 166 Å². The van der Waals surface area contributed by atoms with Crippen molar-refractivity contribution in [1.29, 1.82) is 5.26 Å².